The Balaban J connectivity index is 2.13. The molecule has 0 aliphatic carbocycles. The van der Waals surface area contributed by atoms with Gasteiger partial charge in [0.2, 0.25) is 5.75 Å². The Morgan fingerprint density at radius 1 is 0.926 bits per heavy atom. The van der Waals surface area contributed by atoms with Gasteiger partial charge in [0, 0.05) is 10.7 Å². The van der Waals surface area contributed by atoms with E-state index < -0.39 is 18.0 Å². The highest BCUT2D eigenvalue weighted by Crippen LogP contribution is 2.40. The average molecular weight is 394 g/mol. The number of halogens is 1. The third kappa shape index (κ3) is 4.83. The third-order valence-corrected chi connectivity index (χ3v) is 3.94. The minimum atomic E-state index is -1.04. The van der Waals surface area contributed by atoms with Gasteiger partial charge in [0.25, 0.3) is 5.91 Å². The van der Waals surface area contributed by atoms with E-state index in [2.05, 4.69) is 5.32 Å². The highest BCUT2D eigenvalue weighted by Gasteiger charge is 2.25. The van der Waals surface area contributed by atoms with Crippen molar-refractivity contribution < 1.29 is 28.5 Å². The zero-order valence-corrected chi connectivity index (χ0v) is 16.1. The van der Waals surface area contributed by atoms with Crippen LogP contribution >= 0.6 is 11.6 Å². The van der Waals surface area contributed by atoms with Gasteiger partial charge in [-0.25, -0.2) is 4.79 Å². The molecular formula is C19H20ClNO6. The molecule has 27 heavy (non-hydrogen) atoms. The first-order valence-corrected chi connectivity index (χ1v) is 8.35. The van der Waals surface area contributed by atoms with E-state index in [1.807, 2.05) is 0 Å². The summed E-state index contributed by atoms with van der Waals surface area (Å²) in [6.07, 6.45) is -1.04. The second-order valence-corrected chi connectivity index (χ2v) is 5.86. The van der Waals surface area contributed by atoms with Crippen molar-refractivity contribution in [1.29, 1.82) is 0 Å². The molecule has 0 fully saturated rings. The van der Waals surface area contributed by atoms with Crippen LogP contribution in [0, 0.1) is 0 Å². The van der Waals surface area contributed by atoms with Crippen LogP contribution in [-0.2, 0) is 9.53 Å². The second-order valence-electron chi connectivity index (χ2n) is 5.43. The van der Waals surface area contributed by atoms with Crippen LogP contribution < -0.4 is 19.5 Å². The molecule has 144 valence electrons. The van der Waals surface area contributed by atoms with Crippen molar-refractivity contribution in [2.45, 2.75) is 13.0 Å². The Morgan fingerprint density at radius 3 is 2.11 bits per heavy atom. The van der Waals surface area contributed by atoms with Crippen LogP contribution in [0.3, 0.4) is 0 Å². The predicted octanol–water partition coefficient (Wildman–Crippen LogP) is 3.55. The Labute approximate surface area is 162 Å². The summed E-state index contributed by atoms with van der Waals surface area (Å²) >= 11 is 5.81. The van der Waals surface area contributed by atoms with Crippen molar-refractivity contribution in [3.63, 3.8) is 0 Å². The van der Waals surface area contributed by atoms with E-state index in [1.165, 1.54) is 34.3 Å². The van der Waals surface area contributed by atoms with Gasteiger partial charge in [-0.15, -0.1) is 0 Å². The molecule has 0 aliphatic heterocycles. The fourth-order valence-corrected chi connectivity index (χ4v) is 2.44. The van der Waals surface area contributed by atoms with Gasteiger partial charge in [0.05, 0.1) is 21.3 Å². The van der Waals surface area contributed by atoms with Crippen molar-refractivity contribution >= 4 is 29.2 Å². The summed E-state index contributed by atoms with van der Waals surface area (Å²) in [6, 6.07) is 9.60. The zero-order valence-electron chi connectivity index (χ0n) is 15.4. The molecule has 7 nitrogen and oxygen atoms in total. The van der Waals surface area contributed by atoms with E-state index >= 15 is 0 Å². The minimum Gasteiger partial charge on any atom is -0.493 e. The first kappa shape index (κ1) is 20.4. The number of methoxy groups -OCH3 is 3. The van der Waals surface area contributed by atoms with Gasteiger partial charge >= 0.3 is 5.97 Å². The fourth-order valence-electron chi connectivity index (χ4n) is 2.32. The van der Waals surface area contributed by atoms with Crippen LogP contribution in [0.1, 0.15) is 17.3 Å². The summed E-state index contributed by atoms with van der Waals surface area (Å²) in [5.74, 6) is -0.393. The maximum atomic E-state index is 12.5. The number of esters is 1. The Hall–Kier alpha value is -2.93. The Morgan fingerprint density at radius 2 is 1.56 bits per heavy atom. The van der Waals surface area contributed by atoms with Crippen molar-refractivity contribution in [2.24, 2.45) is 0 Å². The number of ether oxygens (including phenoxy) is 4. The third-order valence-electron chi connectivity index (χ3n) is 3.69. The summed E-state index contributed by atoms with van der Waals surface area (Å²) in [7, 11) is 4.29. The van der Waals surface area contributed by atoms with Crippen LogP contribution in [0.2, 0.25) is 5.02 Å². The SMILES string of the molecule is COc1ccc(C(=O)OC(C)C(=O)Nc2ccc(Cl)cc2)c(OC)c1OC. The minimum absolute atomic E-state index is 0.112. The molecule has 1 amide bonds. The molecule has 2 aromatic rings. The fraction of sp³-hybridized carbons (Fsp3) is 0.263. The molecule has 0 saturated carbocycles. The molecule has 0 bridgehead atoms. The van der Waals surface area contributed by atoms with Crippen molar-refractivity contribution in [3.05, 3.63) is 47.0 Å². The highest BCUT2D eigenvalue weighted by molar-refractivity contribution is 6.30. The number of anilines is 1. The average Bonchev–Trinajstić information content (AvgIpc) is 2.67. The maximum absolute atomic E-state index is 12.5. The molecule has 1 N–H and O–H groups in total. The van der Waals surface area contributed by atoms with E-state index in [0.717, 1.165) is 0 Å². The van der Waals surface area contributed by atoms with Crippen LogP contribution in [0.4, 0.5) is 5.69 Å². The predicted molar refractivity (Wildman–Crippen MR) is 101 cm³/mol. The summed E-state index contributed by atoms with van der Waals surface area (Å²) < 4.78 is 20.9. The molecule has 2 rings (SSSR count). The second kappa shape index (κ2) is 9.14. The Kier molecular flexibility index (Phi) is 6.90. The number of nitrogens with one attached hydrogen (secondary N) is 1. The number of hydrogen-bond donors (Lipinski definition) is 1. The van der Waals surface area contributed by atoms with Crippen LogP contribution in [0.25, 0.3) is 0 Å². The molecule has 8 heteroatoms. The van der Waals surface area contributed by atoms with E-state index in [-0.39, 0.29) is 17.1 Å². The van der Waals surface area contributed by atoms with Gasteiger partial charge in [-0.05, 0) is 43.3 Å². The lowest BCUT2D eigenvalue weighted by Gasteiger charge is -2.17. The van der Waals surface area contributed by atoms with Crippen molar-refractivity contribution in [2.75, 3.05) is 26.6 Å². The van der Waals surface area contributed by atoms with Gasteiger partial charge in [0.15, 0.2) is 17.6 Å². The normalized spacial score (nSPS) is 11.3. The quantitative estimate of drug-likeness (QED) is 0.724. The summed E-state index contributed by atoms with van der Waals surface area (Å²) in [5, 5.41) is 3.19. The molecule has 0 spiro atoms. The highest BCUT2D eigenvalue weighted by atomic mass is 35.5. The van der Waals surface area contributed by atoms with Gasteiger partial charge in [-0.1, -0.05) is 11.6 Å². The number of amides is 1. The van der Waals surface area contributed by atoms with Crippen LogP contribution in [-0.4, -0.2) is 39.3 Å². The van der Waals surface area contributed by atoms with Crippen molar-refractivity contribution in [3.8, 4) is 17.2 Å². The molecule has 1 atom stereocenters. The molecule has 0 heterocycles. The van der Waals surface area contributed by atoms with E-state index in [0.29, 0.717) is 16.5 Å². The van der Waals surface area contributed by atoms with Gasteiger partial charge < -0.3 is 24.3 Å². The first-order valence-electron chi connectivity index (χ1n) is 7.97. The summed E-state index contributed by atoms with van der Waals surface area (Å²) in [6.45, 7) is 1.47. The smallest absolute Gasteiger partial charge is 0.342 e. The maximum Gasteiger partial charge on any atom is 0.342 e. The lowest BCUT2D eigenvalue weighted by molar-refractivity contribution is -0.123. The molecule has 0 aromatic heterocycles. The molecular weight excluding hydrogens is 374 g/mol. The molecule has 0 saturated heterocycles. The topological polar surface area (TPSA) is 83.1 Å². The number of carbonyl (C=O) groups is 2. The monoisotopic (exact) mass is 393 g/mol. The van der Waals surface area contributed by atoms with Crippen molar-refractivity contribution in [1.82, 2.24) is 0 Å². The van der Waals surface area contributed by atoms with Gasteiger partial charge in [-0.3, -0.25) is 4.79 Å². The number of hydrogen-bond acceptors (Lipinski definition) is 6. The lowest BCUT2D eigenvalue weighted by atomic mass is 10.1. The summed E-state index contributed by atoms with van der Waals surface area (Å²) in [5.41, 5.74) is 0.650. The molecule has 0 radical (unpaired) electrons. The number of carbonyl (C=O) groups excluding carboxylic acids is 2. The van der Waals surface area contributed by atoms with Gasteiger partial charge in [0.1, 0.15) is 5.56 Å². The van der Waals surface area contributed by atoms with E-state index in [1.54, 1.807) is 30.3 Å². The lowest BCUT2D eigenvalue weighted by Crippen LogP contribution is -2.30. The first-order chi connectivity index (χ1) is 12.9. The van der Waals surface area contributed by atoms with Crippen LogP contribution in [0.5, 0.6) is 17.2 Å². The zero-order chi connectivity index (χ0) is 20.0. The van der Waals surface area contributed by atoms with E-state index in [9.17, 15) is 9.59 Å². The Bertz CT molecular complexity index is 822. The summed E-state index contributed by atoms with van der Waals surface area (Å²) in [4.78, 5) is 24.8. The number of rotatable bonds is 7. The standard InChI is InChI=1S/C19H20ClNO6/c1-11(18(22)21-13-7-5-12(20)6-8-13)27-19(23)14-9-10-15(24-2)17(26-4)16(14)25-3/h5-11H,1-4H3,(H,21,22). The van der Waals surface area contributed by atoms with Gasteiger partial charge in [-0.2, -0.15) is 0 Å². The molecule has 0 aliphatic rings. The largest absolute Gasteiger partial charge is 0.493 e. The number of benzene rings is 2. The molecule has 2 aromatic carbocycles. The van der Waals surface area contributed by atoms with E-state index in [4.69, 9.17) is 30.5 Å². The molecule has 1 unspecified atom stereocenters. The van der Waals surface area contributed by atoms with Crippen LogP contribution in [0.15, 0.2) is 36.4 Å².